The second kappa shape index (κ2) is 5.58. The van der Waals surface area contributed by atoms with Crippen molar-refractivity contribution in [1.29, 1.82) is 0 Å². The molecule has 1 saturated carbocycles. The highest BCUT2D eigenvalue weighted by molar-refractivity contribution is 4.74. The van der Waals surface area contributed by atoms with Crippen LogP contribution in [0.15, 0.2) is 0 Å². The Morgan fingerprint density at radius 3 is 2.25 bits per heavy atom. The van der Waals surface area contributed by atoms with Crippen LogP contribution in [0, 0.1) is 0 Å². The summed E-state index contributed by atoms with van der Waals surface area (Å²) in [6.45, 7) is 7.13. The summed E-state index contributed by atoms with van der Waals surface area (Å²) in [6, 6.07) is 0.920. The molecule has 0 aromatic heterocycles. The fraction of sp³-hybridized carbons (Fsp3) is 1.00. The van der Waals surface area contributed by atoms with E-state index in [1.54, 1.807) is 0 Å². The van der Waals surface area contributed by atoms with Crippen LogP contribution >= 0.6 is 0 Å². The normalized spacial score (nSPS) is 20.2. The van der Waals surface area contributed by atoms with Crippen LogP contribution in [0.4, 0.5) is 0 Å². The van der Waals surface area contributed by atoms with Crippen LogP contribution in [0.5, 0.6) is 0 Å². The van der Waals surface area contributed by atoms with Gasteiger partial charge in [0.2, 0.25) is 0 Å². The summed E-state index contributed by atoms with van der Waals surface area (Å²) < 4.78 is 0. The van der Waals surface area contributed by atoms with Gasteiger partial charge in [0.1, 0.15) is 0 Å². The molecule has 0 saturated heterocycles. The highest BCUT2D eigenvalue weighted by Gasteiger charge is 2.18. The quantitative estimate of drug-likeness (QED) is 0.625. The Kier molecular flexibility index (Phi) is 4.67. The van der Waals surface area contributed by atoms with Crippen molar-refractivity contribution in [3.8, 4) is 0 Å². The number of rotatable bonds is 4. The van der Waals surface area contributed by atoms with Gasteiger partial charge < -0.3 is 4.90 Å². The third kappa shape index (κ3) is 2.78. The molecule has 1 aliphatic carbocycles. The van der Waals surface area contributed by atoms with E-state index < -0.39 is 0 Å². The molecule has 0 unspecified atom stereocenters. The summed E-state index contributed by atoms with van der Waals surface area (Å²) in [7, 11) is 0. The van der Waals surface area contributed by atoms with Crippen molar-refractivity contribution in [3.63, 3.8) is 0 Å². The van der Waals surface area contributed by atoms with Crippen LogP contribution in [0.3, 0.4) is 0 Å². The first-order chi connectivity index (χ1) is 5.88. The minimum absolute atomic E-state index is 0.920. The first kappa shape index (κ1) is 10.0. The largest absolute Gasteiger partial charge is 0.301 e. The number of hydrogen-bond donors (Lipinski definition) is 0. The molecule has 0 bridgehead atoms. The molecule has 0 spiro atoms. The zero-order valence-corrected chi connectivity index (χ0v) is 8.68. The second-order valence-corrected chi connectivity index (χ2v) is 3.92. The van der Waals surface area contributed by atoms with E-state index in [1.807, 2.05) is 0 Å². The van der Waals surface area contributed by atoms with Crippen molar-refractivity contribution in [1.82, 2.24) is 4.90 Å². The monoisotopic (exact) mass is 169 g/mol. The van der Waals surface area contributed by atoms with Crippen molar-refractivity contribution in [2.45, 2.75) is 58.4 Å². The Labute approximate surface area is 77.1 Å². The lowest BCUT2D eigenvalue weighted by atomic mass is 9.94. The predicted octanol–water partition coefficient (Wildman–Crippen LogP) is 3.05. The molecule has 0 heterocycles. The van der Waals surface area contributed by atoms with E-state index in [1.165, 1.54) is 51.6 Å². The summed E-state index contributed by atoms with van der Waals surface area (Å²) >= 11 is 0. The molecule has 0 aromatic rings. The Bertz CT molecular complexity index is 103. The predicted molar refractivity (Wildman–Crippen MR) is 54.4 cm³/mol. The molecule has 0 N–H and O–H groups in total. The summed E-state index contributed by atoms with van der Waals surface area (Å²) in [5, 5.41) is 0. The van der Waals surface area contributed by atoms with E-state index in [0.29, 0.717) is 0 Å². The van der Waals surface area contributed by atoms with Gasteiger partial charge in [-0.2, -0.15) is 0 Å². The van der Waals surface area contributed by atoms with E-state index in [9.17, 15) is 0 Å². The first-order valence-electron chi connectivity index (χ1n) is 5.62. The van der Waals surface area contributed by atoms with Gasteiger partial charge in [-0.15, -0.1) is 0 Å². The molecule has 0 radical (unpaired) electrons. The minimum atomic E-state index is 0.920. The molecular formula is C11H23N. The maximum Gasteiger partial charge on any atom is 0.00951 e. The Morgan fingerprint density at radius 2 is 1.75 bits per heavy atom. The Balaban J connectivity index is 2.29. The summed E-state index contributed by atoms with van der Waals surface area (Å²) in [6.07, 6.45) is 8.61. The van der Waals surface area contributed by atoms with Gasteiger partial charge in [-0.3, -0.25) is 0 Å². The lowest BCUT2D eigenvalue weighted by Gasteiger charge is -2.33. The molecule has 0 aliphatic heterocycles. The fourth-order valence-corrected chi connectivity index (χ4v) is 2.33. The maximum atomic E-state index is 2.67. The van der Waals surface area contributed by atoms with Crippen molar-refractivity contribution in [3.05, 3.63) is 0 Å². The minimum Gasteiger partial charge on any atom is -0.301 e. The van der Waals surface area contributed by atoms with Gasteiger partial charge in [0.05, 0.1) is 0 Å². The fourth-order valence-electron chi connectivity index (χ4n) is 2.33. The van der Waals surface area contributed by atoms with Gasteiger partial charge in [0.25, 0.3) is 0 Å². The summed E-state index contributed by atoms with van der Waals surface area (Å²) in [5.41, 5.74) is 0. The van der Waals surface area contributed by atoms with Crippen LogP contribution in [0.25, 0.3) is 0 Å². The lowest BCUT2D eigenvalue weighted by Crippen LogP contribution is -2.37. The van der Waals surface area contributed by atoms with E-state index in [0.717, 1.165) is 6.04 Å². The van der Waals surface area contributed by atoms with Crippen molar-refractivity contribution < 1.29 is 0 Å². The standard InChI is InChI=1S/C11H23N/c1-3-10-12(4-2)11-8-6-5-7-9-11/h11H,3-10H2,1-2H3. The highest BCUT2D eigenvalue weighted by Crippen LogP contribution is 2.22. The molecule has 0 aromatic carbocycles. The van der Waals surface area contributed by atoms with Crippen molar-refractivity contribution in [2.75, 3.05) is 13.1 Å². The van der Waals surface area contributed by atoms with Crippen molar-refractivity contribution in [2.24, 2.45) is 0 Å². The molecule has 1 aliphatic rings. The van der Waals surface area contributed by atoms with Gasteiger partial charge in [-0.25, -0.2) is 0 Å². The van der Waals surface area contributed by atoms with Gasteiger partial charge in [0, 0.05) is 6.04 Å². The molecule has 1 rings (SSSR count). The van der Waals surface area contributed by atoms with Crippen LogP contribution in [0.2, 0.25) is 0 Å². The maximum absolute atomic E-state index is 2.67. The molecular weight excluding hydrogens is 146 g/mol. The van der Waals surface area contributed by atoms with Crippen LogP contribution < -0.4 is 0 Å². The Morgan fingerprint density at radius 1 is 1.08 bits per heavy atom. The van der Waals surface area contributed by atoms with Gasteiger partial charge in [-0.1, -0.05) is 33.1 Å². The van der Waals surface area contributed by atoms with Crippen LogP contribution in [0.1, 0.15) is 52.4 Å². The van der Waals surface area contributed by atoms with Gasteiger partial charge in [-0.05, 0) is 32.4 Å². The summed E-state index contributed by atoms with van der Waals surface area (Å²) in [4.78, 5) is 2.67. The third-order valence-corrected chi connectivity index (χ3v) is 3.01. The molecule has 0 amide bonds. The van der Waals surface area contributed by atoms with Gasteiger partial charge in [0.15, 0.2) is 0 Å². The second-order valence-electron chi connectivity index (χ2n) is 3.92. The third-order valence-electron chi connectivity index (χ3n) is 3.01. The van der Waals surface area contributed by atoms with E-state index in [-0.39, 0.29) is 0 Å². The first-order valence-corrected chi connectivity index (χ1v) is 5.62. The van der Waals surface area contributed by atoms with Crippen LogP contribution in [-0.2, 0) is 0 Å². The smallest absolute Gasteiger partial charge is 0.00951 e. The highest BCUT2D eigenvalue weighted by atomic mass is 15.1. The molecule has 72 valence electrons. The molecule has 1 nitrogen and oxygen atoms in total. The SMILES string of the molecule is CCCN(CC)C1CCCCC1. The average molecular weight is 169 g/mol. The van der Waals surface area contributed by atoms with E-state index in [4.69, 9.17) is 0 Å². The molecule has 0 atom stereocenters. The zero-order chi connectivity index (χ0) is 8.81. The lowest BCUT2D eigenvalue weighted by molar-refractivity contribution is 0.164. The number of hydrogen-bond acceptors (Lipinski definition) is 1. The molecule has 1 heteroatoms. The average Bonchev–Trinajstić information content (AvgIpc) is 2.15. The molecule has 12 heavy (non-hydrogen) atoms. The zero-order valence-electron chi connectivity index (χ0n) is 8.68. The molecule has 1 fully saturated rings. The Hall–Kier alpha value is -0.0400. The topological polar surface area (TPSA) is 3.24 Å². The van der Waals surface area contributed by atoms with E-state index >= 15 is 0 Å². The summed E-state index contributed by atoms with van der Waals surface area (Å²) in [5.74, 6) is 0. The van der Waals surface area contributed by atoms with Gasteiger partial charge >= 0.3 is 0 Å². The van der Waals surface area contributed by atoms with Crippen LogP contribution in [-0.4, -0.2) is 24.0 Å². The number of nitrogens with zero attached hydrogens (tertiary/aromatic N) is 1. The van der Waals surface area contributed by atoms with Crippen molar-refractivity contribution >= 4 is 0 Å². The van der Waals surface area contributed by atoms with E-state index in [2.05, 4.69) is 18.7 Å².